The average molecular weight is 187 g/mol. The summed E-state index contributed by atoms with van der Waals surface area (Å²) in [6, 6.07) is 6.32. The molecule has 0 saturated carbocycles. The molecule has 0 aromatic heterocycles. The smallest absolute Gasteiger partial charge is 0.222 e. The highest BCUT2D eigenvalue weighted by molar-refractivity contribution is 6.01. The summed E-state index contributed by atoms with van der Waals surface area (Å²) in [5, 5.41) is 3.17. The van der Waals surface area contributed by atoms with E-state index in [2.05, 4.69) is 47.3 Å². The van der Waals surface area contributed by atoms with Crippen LogP contribution in [0, 0.1) is 13.8 Å². The number of anilines is 1. The summed E-state index contributed by atoms with van der Waals surface area (Å²) in [5.74, 6) is 0.704. The minimum absolute atomic E-state index is 0.688. The molecule has 1 N–H and O–H groups in total. The predicted molar refractivity (Wildman–Crippen MR) is 60.3 cm³/mol. The Morgan fingerprint density at radius 1 is 1.14 bits per heavy atom. The molecule has 0 radical (unpaired) electrons. The molecule has 1 aliphatic heterocycles. The van der Waals surface area contributed by atoms with Gasteiger partial charge in [0.1, 0.15) is 0 Å². The van der Waals surface area contributed by atoms with Crippen molar-refractivity contribution in [1.29, 1.82) is 0 Å². The Morgan fingerprint density at radius 2 is 1.86 bits per heavy atom. The summed E-state index contributed by atoms with van der Waals surface area (Å²) >= 11 is 0. The third kappa shape index (κ3) is 1.99. The lowest BCUT2D eigenvalue weighted by molar-refractivity contribution is 1.34. The van der Waals surface area contributed by atoms with Crippen molar-refractivity contribution in [3.05, 3.63) is 29.3 Å². The van der Waals surface area contributed by atoms with Crippen LogP contribution in [0.2, 0.25) is 0 Å². The van der Waals surface area contributed by atoms with Gasteiger partial charge in [-0.25, -0.2) is 9.98 Å². The zero-order valence-corrected chi connectivity index (χ0v) is 8.41. The van der Waals surface area contributed by atoms with Gasteiger partial charge in [0.15, 0.2) is 0 Å². The van der Waals surface area contributed by atoms with E-state index in [9.17, 15) is 0 Å². The van der Waals surface area contributed by atoms with E-state index in [1.807, 2.05) is 0 Å². The summed E-state index contributed by atoms with van der Waals surface area (Å²) in [7, 11) is 0. The summed E-state index contributed by atoms with van der Waals surface area (Å²) in [4.78, 5) is 8.28. The Morgan fingerprint density at radius 3 is 2.43 bits per heavy atom. The van der Waals surface area contributed by atoms with Crippen LogP contribution in [0.1, 0.15) is 11.1 Å². The molecular weight excluding hydrogens is 174 g/mol. The zero-order chi connectivity index (χ0) is 9.97. The molecule has 0 atom stereocenters. The summed E-state index contributed by atoms with van der Waals surface area (Å²) in [6.45, 7) is 4.85. The predicted octanol–water partition coefficient (Wildman–Crippen LogP) is 2.16. The van der Waals surface area contributed by atoms with Crippen LogP contribution in [0.3, 0.4) is 0 Å². The molecule has 1 aromatic carbocycles. The fourth-order valence-corrected chi connectivity index (χ4v) is 1.54. The zero-order valence-electron chi connectivity index (χ0n) is 8.41. The molecular formula is C11H13N3. The number of aryl methyl sites for hydroxylation is 2. The number of guanidine groups is 1. The molecule has 14 heavy (non-hydrogen) atoms. The van der Waals surface area contributed by atoms with Crippen molar-refractivity contribution >= 4 is 17.9 Å². The molecule has 0 fully saturated rings. The monoisotopic (exact) mass is 187 g/mol. The van der Waals surface area contributed by atoms with E-state index >= 15 is 0 Å². The lowest BCUT2D eigenvalue weighted by Crippen LogP contribution is -2.06. The second-order valence-corrected chi connectivity index (χ2v) is 3.48. The Hall–Kier alpha value is -1.64. The number of hydrogen-bond acceptors (Lipinski definition) is 3. The van der Waals surface area contributed by atoms with Crippen molar-refractivity contribution in [2.24, 2.45) is 9.98 Å². The molecule has 0 saturated heterocycles. The van der Waals surface area contributed by atoms with Gasteiger partial charge >= 0.3 is 0 Å². The molecule has 0 aliphatic carbocycles. The Bertz CT molecular complexity index is 385. The normalized spacial score (nSPS) is 14.3. The minimum Gasteiger partial charge on any atom is -0.324 e. The number of hydrogen-bond donors (Lipinski definition) is 1. The van der Waals surface area contributed by atoms with Crippen LogP contribution in [-0.4, -0.2) is 18.7 Å². The van der Waals surface area contributed by atoms with E-state index in [4.69, 9.17) is 0 Å². The van der Waals surface area contributed by atoms with Crippen molar-refractivity contribution in [1.82, 2.24) is 0 Å². The van der Waals surface area contributed by atoms with Crippen LogP contribution < -0.4 is 5.32 Å². The van der Waals surface area contributed by atoms with Crippen molar-refractivity contribution in [2.75, 3.05) is 11.9 Å². The molecule has 2 rings (SSSR count). The highest BCUT2D eigenvalue weighted by Gasteiger charge is 2.01. The third-order valence-corrected chi connectivity index (χ3v) is 2.01. The molecule has 3 heteroatoms. The van der Waals surface area contributed by atoms with Gasteiger partial charge in [-0.1, -0.05) is 6.07 Å². The van der Waals surface area contributed by atoms with Gasteiger partial charge in [0.25, 0.3) is 0 Å². The number of nitrogens with one attached hydrogen (secondary N) is 1. The maximum atomic E-state index is 4.17. The van der Waals surface area contributed by atoms with Crippen molar-refractivity contribution in [3.63, 3.8) is 0 Å². The van der Waals surface area contributed by atoms with Crippen LogP contribution in [0.5, 0.6) is 0 Å². The SMILES string of the molecule is Cc1cc(C)cc(NC2=NCC=N2)c1. The number of rotatable bonds is 1. The quantitative estimate of drug-likeness (QED) is 0.718. The van der Waals surface area contributed by atoms with Gasteiger partial charge < -0.3 is 5.32 Å². The van der Waals surface area contributed by atoms with Gasteiger partial charge in [0.2, 0.25) is 5.96 Å². The molecule has 3 nitrogen and oxygen atoms in total. The maximum absolute atomic E-state index is 4.17. The Balaban J connectivity index is 2.20. The van der Waals surface area contributed by atoms with Crippen LogP contribution >= 0.6 is 0 Å². The molecule has 0 amide bonds. The van der Waals surface area contributed by atoms with Crippen molar-refractivity contribution in [2.45, 2.75) is 13.8 Å². The Kier molecular flexibility index (Phi) is 2.31. The first-order chi connectivity index (χ1) is 6.74. The van der Waals surface area contributed by atoms with E-state index in [-0.39, 0.29) is 0 Å². The van der Waals surface area contributed by atoms with Crippen molar-refractivity contribution < 1.29 is 0 Å². The van der Waals surface area contributed by atoms with Gasteiger partial charge in [0, 0.05) is 11.9 Å². The van der Waals surface area contributed by atoms with Gasteiger partial charge in [-0.05, 0) is 37.1 Å². The van der Waals surface area contributed by atoms with Crippen LogP contribution in [0.25, 0.3) is 0 Å². The topological polar surface area (TPSA) is 36.8 Å². The number of aliphatic imine (C=N–C) groups is 2. The number of benzene rings is 1. The fourth-order valence-electron chi connectivity index (χ4n) is 1.54. The minimum atomic E-state index is 0.688. The summed E-state index contributed by atoms with van der Waals surface area (Å²) < 4.78 is 0. The highest BCUT2D eigenvalue weighted by atomic mass is 15.2. The summed E-state index contributed by atoms with van der Waals surface area (Å²) in [6.07, 6.45) is 1.80. The molecule has 0 spiro atoms. The van der Waals surface area contributed by atoms with E-state index in [0.29, 0.717) is 12.5 Å². The van der Waals surface area contributed by atoms with Gasteiger partial charge in [-0.15, -0.1) is 0 Å². The van der Waals surface area contributed by atoms with E-state index < -0.39 is 0 Å². The second-order valence-electron chi connectivity index (χ2n) is 3.48. The van der Waals surface area contributed by atoms with Crippen molar-refractivity contribution in [3.8, 4) is 0 Å². The summed E-state index contributed by atoms with van der Waals surface area (Å²) in [5.41, 5.74) is 3.55. The first kappa shape index (κ1) is 8.94. The molecule has 0 unspecified atom stereocenters. The largest absolute Gasteiger partial charge is 0.324 e. The van der Waals surface area contributed by atoms with Crippen LogP contribution in [0.15, 0.2) is 28.2 Å². The van der Waals surface area contributed by atoms with E-state index in [1.54, 1.807) is 6.21 Å². The molecule has 1 aromatic rings. The first-order valence-electron chi connectivity index (χ1n) is 4.66. The Labute approximate surface area is 83.6 Å². The molecule has 0 bridgehead atoms. The third-order valence-electron chi connectivity index (χ3n) is 2.01. The average Bonchev–Trinajstić information content (AvgIpc) is 2.54. The number of nitrogens with zero attached hydrogens (tertiary/aromatic N) is 2. The molecule has 1 aliphatic rings. The lowest BCUT2D eigenvalue weighted by Gasteiger charge is -2.05. The van der Waals surface area contributed by atoms with Gasteiger partial charge in [0.05, 0.1) is 6.54 Å². The first-order valence-corrected chi connectivity index (χ1v) is 4.66. The van der Waals surface area contributed by atoms with E-state index in [0.717, 1.165) is 5.69 Å². The fraction of sp³-hybridized carbons (Fsp3) is 0.273. The molecule has 72 valence electrons. The van der Waals surface area contributed by atoms with Gasteiger partial charge in [-0.2, -0.15) is 0 Å². The van der Waals surface area contributed by atoms with Gasteiger partial charge in [-0.3, -0.25) is 0 Å². The van der Waals surface area contributed by atoms with Crippen LogP contribution in [-0.2, 0) is 0 Å². The van der Waals surface area contributed by atoms with E-state index in [1.165, 1.54) is 11.1 Å². The molecule has 1 heterocycles. The standard InChI is InChI=1S/C11H13N3/c1-8-5-9(2)7-10(6-8)14-11-12-3-4-13-11/h3,5-7H,4H2,1-2H3,(H,13,14). The highest BCUT2D eigenvalue weighted by Crippen LogP contribution is 2.14. The lowest BCUT2D eigenvalue weighted by atomic mass is 10.1. The second kappa shape index (κ2) is 3.62. The maximum Gasteiger partial charge on any atom is 0.222 e. The van der Waals surface area contributed by atoms with Crippen LogP contribution in [0.4, 0.5) is 5.69 Å².